The molecule has 1 heterocycles. The molecule has 0 aromatic heterocycles. The van der Waals surface area contributed by atoms with E-state index in [0.29, 0.717) is 37.6 Å². The number of morpholine rings is 1. The van der Waals surface area contributed by atoms with Crippen molar-refractivity contribution in [3.05, 3.63) is 29.8 Å². The van der Waals surface area contributed by atoms with E-state index in [1.54, 1.807) is 29.2 Å². The largest absolute Gasteiger partial charge is 0.378 e. The summed E-state index contributed by atoms with van der Waals surface area (Å²) in [5.41, 5.74) is 1.23. The number of amides is 2. The first-order valence-corrected chi connectivity index (χ1v) is 5.91. The van der Waals surface area contributed by atoms with Crippen LogP contribution in [-0.2, 0) is 9.53 Å². The fourth-order valence-electron chi connectivity index (χ4n) is 1.88. The normalized spacial score (nSPS) is 15.3. The van der Waals surface area contributed by atoms with E-state index in [-0.39, 0.29) is 11.8 Å². The number of benzene rings is 1. The summed E-state index contributed by atoms with van der Waals surface area (Å²) in [7, 11) is 0. The smallest absolute Gasteiger partial charge is 0.254 e. The molecule has 1 aromatic carbocycles. The zero-order chi connectivity index (χ0) is 13.0. The summed E-state index contributed by atoms with van der Waals surface area (Å²) < 4.78 is 5.21. The monoisotopic (exact) mass is 248 g/mol. The number of anilines is 1. The molecule has 18 heavy (non-hydrogen) atoms. The molecule has 1 aromatic rings. The van der Waals surface area contributed by atoms with E-state index in [2.05, 4.69) is 5.32 Å². The molecule has 1 aliphatic heterocycles. The standard InChI is InChI=1S/C13H16N2O3/c1-10(16)14-12-4-2-3-11(9-12)13(17)15-5-7-18-8-6-15/h2-4,9H,5-8H2,1H3,(H,14,16). The van der Waals surface area contributed by atoms with E-state index in [9.17, 15) is 9.59 Å². The molecule has 1 N–H and O–H groups in total. The Balaban J connectivity index is 2.11. The van der Waals surface area contributed by atoms with Crippen molar-refractivity contribution in [3.8, 4) is 0 Å². The second kappa shape index (κ2) is 5.64. The molecule has 1 saturated heterocycles. The van der Waals surface area contributed by atoms with Gasteiger partial charge in [0, 0.05) is 31.3 Å². The minimum absolute atomic E-state index is 0.0227. The van der Waals surface area contributed by atoms with Crippen LogP contribution in [0.2, 0.25) is 0 Å². The third-order valence-corrected chi connectivity index (χ3v) is 2.73. The summed E-state index contributed by atoms with van der Waals surface area (Å²) in [6.45, 7) is 3.83. The minimum atomic E-state index is -0.147. The molecule has 5 heteroatoms. The lowest BCUT2D eigenvalue weighted by Gasteiger charge is -2.27. The Morgan fingerprint density at radius 1 is 1.28 bits per heavy atom. The van der Waals surface area contributed by atoms with Crippen LogP contribution in [0.1, 0.15) is 17.3 Å². The lowest BCUT2D eigenvalue weighted by atomic mass is 10.1. The summed E-state index contributed by atoms with van der Waals surface area (Å²) in [6, 6.07) is 6.97. The van der Waals surface area contributed by atoms with Crippen molar-refractivity contribution < 1.29 is 14.3 Å². The van der Waals surface area contributed by atoms with Crippen LogP contribution in [0.15, 0.2) is 24.3 Å². The molecule has 0 unspecified atom stereocenters. The molecule has 2 amide bonds. The summed E-state index contributed by atoms with van der Waals surface area (Å²) in [5.74, 6) is -0.170. The molecule has 0 radical (unpaired) electrons. The van der Waals surface area contributed by atoms with E-state index in [1.807, 2.05) is 0 Å². The van der Waals surface area contributed by atoms with E-state index >= 15 is 0 Å². The van der Waals surface area contributed by atoms with E-state index in [1.165, 1.54) is 6.92 Å². The molecular weight excluding hydrogens is 232 g/mol. The maximum Gasteiger partial charge on any atom is 0.254 e. The number of carbonyl (C=O) groups excluding carboxylic acids is 2. The summed E-state index contributed by atoms with van der Waals surface area (Å²) in [4.78, 5) is 24.9. The molecule has 96 valence electrons. The van der Waals surface area contributed by atoms with Gasteiger partial charge in [-0.05, 0) is 18.2 Å². The Bertz CT molecular complexity index is 453. The quantitative estimate of drug-likeness (QED) is 0.853. The third kappa shape index (κ3) is 3.07. The first kappa shape index (κ1) is 12.6. The average molecular weight is 248 g/mol. The van der Waals surface area contributed by atoms with Gasteiger partial charge in [-0.2, -0.15) is 0 Å². The van der Waals surface area contributed by atoms with Gasteiger partial charge < -0.3 is 15.0 Å². The molecule has 5 nitrogen and oxygen atoms in total. The van der Waals surface area contributed by atoms with Crippen molar-refractivity contribution in [1.82, 2.24) is 4.90 Å². The Labute approximate surface area is 106 Å². The molecular formula is C13H16N2O3. The second-order valence-corrected chi connectivity index (χ2v) is 4.17. The predicted molar refractivity (Wildman–Crippen MR) is 67.5 cm³/mol. The SMILES string of the molecule is CC(=O)Nc1cccc(C(=O)N2CCOCC2)c1. The zero-order valence-corrected chi connectivity index (χ0v) is 10.3. The fourth-order valence-corrected chi connectivity index (χ4v) is 1.88. The van der Waals surface area contributed by atoms with Gasteiger partial charge in [0.1, 0.15) is 0 Å². The lowest BCUT2D eigenvalue weighted by Crippen LogP contribution is -2.40. The van der Waals surface area contributed by atoms with Crippen molar-refractivity contribution in [2.75, 3.05) is 31.6 Å². The van der Waals surface area contributed by atoms with Crippen molar-refractivity contribution >= 4 is 17.5 Å². The average Bonchev–Trinajstić information content (AvgIpc) is 2.38. The summed E-state index contributed by atoms with van der Waals surface area (Å²) in [5, 5.41) is 2.67. The van der Waals surface area contributed by atoms with Gasteiger partial charge in [0.2, 0.25) is 5.91 Å². The van der Waals surface area contributed by atoms with Crippen LogP contribution in [0.5, 0.6) is 0 Å². The van der Waals surface area contributed by atoms with Crippen LogP contribution in [0.3, 0.4) is 0 Å². The van der Waals surface area contributed by atoms with Crippen molar-refractivity contribution in [2.24, 2.45) is 0 Å². The maximum absolute atomic E-state index is 12.2. The number of nitrogens with zero attached hydrogens (tertiary/aromatic N) is 1. The fraction of sp³-hybridized carbons (Fsp3) is 0.385. The number of ether oxygens (including phenoxy) is 1. The van der Waals surface area contributed by atoms with Gasteiger partial charge in [-0.3, -0.25) is 9.59 Å². The van der Waals surface area contributed by atoms with Gasteiger partial charge in [0.15, 0.2) is 0 Å². The van der Waals surface area contributed by atoms with Gasteiger partial charge in [0.25, 0.3) is 5.91 Å². The topological polar surface area (TPSA) is 58.6 Å². The molecule has 0 atom stereocenters. The highest BCUT2D eigenvalue weighted by molar-refractivity contribution is 5.96. The molecule has 2 rings (SSSR count). The Hall–Kier alpha value is -1.88. The highest BCUT2D eigenvalue weighted by atomic mass is 16.5. The van der Waals surface area contributed by atoms with Crippen LogP contribution in [0.4, 0.5) is 5.69 Å². The highest BCUT2D eigenvalue weighted by Gasteiger charge is 2.18. The van der Waals surface area contributed by atoms with Gasteiger partial charge in [0.05, 0.1) is 13.2 Å². The Morgan fingerprint density at radius 3 is 2.67 bits per heavy atom. The maximum atomic E-state index is 12.2. The van der Waals surface area contributed by atoms with Gasteiger partial charge >= 0.3 is 0 Å². The number of hydrogen-bond donors (Lipinski definition) is 1. The highest BCUT2D eigenvalue weighted by Crippen LogP contribution is 2.13. The second-order valence-electron chi connectivity index (χ2n) is 4.17. The van der Waals surface area contributed by atoms with Gasteiger partial charge in [-0.1, -0.05) is 6.07 Å². The van der Waals surface area contributed by atoms with Crippen molar-refractivity contribution in [1.29, 1.82) is 0 Å². The minimum Gasteiger partial charge on any atom is -0.378 e. The van der Waals surface area contributed by atoms with Crippen LogP contribution in [-0.4, -0.2) is 43.0 Å². The number of carbonyl (C=O) groups is 2. The summed E-state index contributed by atoms with van der Waals surface area (Å²) in [6.07, 6.45) is 0. The third-order valence-electron chi connectivity index (χ3n) is 2.73. The molecule has 0 bridgehead atoms. The first-order chi connectivity index (χ1) is 8.66. The summed E-state index contributed by atoms with van der Waals surface area (Å²) >= 11 is 0. The van der Waals surface area contributed by atoms with Gasteiger partial charge in [-0.25, -0.2) is 0 Å². The molecule has 1 aliphatic rings. The molecule has 0 aliphatic carbocycles. The van der Waals surface area contributed by atoms with Crippen molar-refractivity contribution in [2.45, 2.75) is 6.92 Å². The van der Waals surface area contributed by atoms with E-state index < -0.39 is 0 Å². The number of nitrogens with one attached hydrogen (secondary N) is 1. The molecule has 0 spiro atoms. The van der Waals surface area contributed by atoms with E-state index in [0.717, 1.165) is 0 Å². The van der Waals surface area contributed by atoms with Crippen LogP contribution in [0, 0.1) is 0 Å². The Kier molecular flexibility index (Phi) is 3.94. The zero-order valence-electron chi connectivity index (χ0n) is 10.3. The van der Waals surface area contributed by atoms with Gasteiger partial charge in [-0.15, -0.1) is 0 Å². The van der Waals surface area contributed by atoms with Crippen LogP contribution < -0.4 is 5.32 Å². The lowest BCUT2D eigenvalue weighted by molar-refractivity contribution is -0.114. The predicted octanol–water partition coefficient (Wildman–Crippen LogP) is 1.12. The first-order valence-electron chi connectivity index (χ1n) is 5.91. The van der Waals surface area contributed by atoms with Crippen molar-refractivity contribution in [3.63, 3.8) is 0 Å². The molecule has 0 saturated carbocycles. The Morgan fingerprint density at radius 2 is 2.00 bits per heavy atom. The number of hydrogen-bond acceptors (Lipinski definition) is 3. The number of rotatable bonds is 2. The molecule has 1 fully saturated rings. The van der Waals surface area contributed by atoms with Crippen LogP contribution in [0.25, 0.3) is 0 Å². The van der Waals surface area contributed by atoms with E-state index in [4.69, 9.17) is 4.74 Å². The van der Waals surface area contributed by atoms with Crippen LogP contribution >= 0.6 is 0 Å².